The van der Waals surface area contributed by atoms with Gasteiger partial charge in [0.25, 0.3) is 0 Å². The molecule has 0 radical (unpaired) electrons. The summed E-state index contributed by atoms with van der Waals surface area (Å²) >= 11 is 0. The molecule has 1 N–H and O–H groups in total. The molecule has 0 unspecified atom stereocenters. The average Bonchev–Trinajstić information content (AvgIpc) is 2.76. The number of hydrogen-bond donors (Lipinski definition) is 1. The van der Waals surface area contributed by atoms with Gasteiger partial charge in [0.05, 0.1) is 25.5 Å². The van der Waals surface area contributed by atoms with Gasteiger partial charge in [0, 0.05) is 12.7 Å². The van der Waals surface area contributed by atoms with Crippen LogP contribution >= 0.6 is 0 Å². The van der Waals surface area contributed by atoms with Crippen LogP contribution in [0.4, 0.5) is 17.5 Å². The molecule has 0 bridgehead atoms. The first-order valence-electron chi connectivity index (χ1n) is 9.95. The van der Waals surface area contributed by atoms with Crippen molar-refractivity contribution in [3.8, 4) is 11.5 Å². The third-order valence-electron chi connectivity index (χ3n) is 4.69. The van der Waals surface area contributed by atoms with Crippen LogP contribution < -0.4 is 19.7 Å². The second kappa shape index (κ2) is 9.23. The number of piperidine rings is 1. The summed E-state index contributed by atoms with van der Waals surface area (Å²) < 4.78 is 12.0. The van der Waals surface area contributed by atoms with Gasteiger partial charge >= 0.3 is 0 Å². The van der Waals surface area contributed by atoms with Crippen LogP contribution in [-0.4, -0.2) is 40.8 Å². The summed E-state index contributed by atoms with van der Waals surface area (Å²) in [6.45, 7) is 4.27. The van der Waals surface area contributed by atoms with Crippen molar-refractivity contribution in [1.82, 2.24) is 15.0 Å². The van der Waals surface area contributed by atoms with Crippen LogP contribution in [0.5, 0.6) is 11.5 Å². The predicted octanol–water partition coefficient (Wildman–Crippen LogP) is 4.06. The van der Waals surface area contributed by atoms with Crippen LogP contribution in [-0.2, 0) is 0 Å². The minimum absolute atomic E-state index is 0.0690. The van der Waals surface area contributed by atoms with E-state index in [4.69, 9.17) is 14.5 Å². The van der Waals surface area contributed by atoms with Crippen molar-refractivity contribution >= 4 is 17.5 Å². The van der Waals surface area contributed by atoms with E-state index in [9.17, 15) is 0 Å². The molecule has 7 heteroatoms. The van der Waals surface area contributed by atoms with Gasteiger partial charge in [0.2, 0.25) is 0 Å². The highest BCUT2D eigenvalue weighted by Crippen LogP contribution is 2.30. The normalized spacial score (nSPS) is 16.3. The molecular formula is C22H25N5O2. The third kappa shape index (κ3) is 4.93. The van der Waals surface area contributed by atoms with Gasteiger partial charge in [0.15, 0.2) is 17.3 Å². The van der Waals surface area contributed by atoms with Crippen molar-refractivity contribution in [2.75, 3.05) is 29.9 Å². The number of rotatable bonds is 7. The molecule has 4 rings (SSSR count). The molecule has 1 fully saturated rings. The van der Waals surface area contributed by atoms with E-state index in [0.29, 0.717) is 12.4 Å². The summed E-state index contributed by atoms with van der Waals surface area (Å²) in [4.78, 5) is 15.6. The minimum atomic E-state index is 0.0690. The van der Waals surface area contributed by atoms with E-state index in [1.54, 1.807) is 18.6 Å². The minimum Gasteiger partial charge on any atom is -0.490 e. The van der Waals surface area contributed by atoms with Gasteiger partial charge < -0.3 is 19.7 Å². The maximum atomic E-state index is 6.28. The number of anilines is 3. The van der Waals surface area contributed by atoms with Crippen LogP contribution in [0.3, 0.4) is 0 Å². The zero-order valence-electron chi connectivity index (χ0n) is 16.5. The second-order valence-corrected chi connectivity index (χ2v) is 6.81. The van der Waals surface area contributed by atoms with E-state index in [-0.39, 0.29) is 6.10 Å². The highest BCUT2D eigenvalue weighted by molar-refractivity contribution is 5.53. The zero-order valence-corrected chi connectivity index (χ0v) is 16.5. The van der Waals surface area contributed by atoms with E-state index in [0.717, 1.165) is 49.1 Å². The standard InChI is InChI=1S/C22H25N5O2/c1-2-28-18-9-3-4-10-19(18)29-17-8-7-13-27(16-17)22-15-23-14-21(26-22)25-20-11-5-6-12-24-20/h3-6,9-12,14-15,17H,2,7-8,13,16H2,1H3,(H,24,25,26)/t17-/m1/s1. The Morgan fingerprint density at radius 2 is 1.93 bits per heavy atom. The molecule has 0 aliphatic carbocycles. The molecule has 1 aliphatic heterocycles. The average molecular weight is 391 g/mol. The maximum Gasteiger partial charge on any atom is 0.161 e. The number of ether oxygens (including phenoxy) is 2. The summed E-state index contributed by atoms with van der Waals surface area (Å²) in [5.74, 6) is 3.82. The zero-order chi connectivity index (χ0) is 19.9. The largest absolute Gasteiger partial charge is 0.490 e. The molecule has 0 spiro atoms. The fourth-order valence-electron chi connectivity index (χ4n) is 3.38. The number of hydrogen-bond acceptors (Lipinski definition) is 7. The Morgan fingerprint density at radius 3 is 2.76 bits per heavy atom. The summed E-state index contributed by atoms with van der Waals surface area (Å²) in [7, 11) is 0. The molecule has 1 atom stereocenters. The van der Waals surface area contributed by atoms with Gasteiger partial charge in [-0.3, -0.25) is 4.98 Å². The van der Waals surface area contributed by atoms with Crippen LogP contribution in [0, 0.1) is 0 Å². The predicted molar refractivity (Wildman–Crippen MR) is 113 cm³/mol. The molecule has 0 saturated carbocycles. The molecular weight excluding hydrogens is 366 g/mol. The smallest absolute Gasteiger partial charge is 0.161 e. The maximum absolute atomic E-state index is 6.28. The lowest BCUT2D eigenvalue weighted by atomic mass is 10.1. The quantitative estimate of drug-likeness (QED) is 0.651. The van der Waals surface area contributed by atoms with Crippen molar-refractivity contribution in [2.45, 2.75) is 25.9 Å². The molecule has 150 valence electrons. The number of para-hydroxylation sites is 2. The Kier molecular flexibility index (Phi) is 6.04. The van der Waals surface area contributed by atoms with E-state index < -0.39 is 0 Å². The van der Waals surface area contributed by atoms with Crippen molar-refractivity contribution in [2.24, 2.45) is 0 Å². The second-order valence-electron chi connectivity index (χ2n) is 6.81. The van der Waals surface area contributed by atoms with Crippen LogP contribution in [0.15, 0.2) is 61.1 Å². The van der Waals surface area contributed by atoms with Crippen LogP contribution in [0.1, 0.15) is 19.8 Å². The van der Waals surface area contributed by atoms with Gasteiger partial charge in [-0.25, -0.2) is 9.97 Å². The summed E-state index contributed by atoms with van der Waals surface area (Å²) in [6, 6.07) is 13.5. The summed E-state index contributed by atoms with van der Waals surface area (Å²) in [5.41, 5.74) is 0. The molecule has 2 aromatic heterocycles. The Morgan fingerprint density at radius 1 is 1.07 bits per heavy atom. The van der Waals surface area contributed by atoms with E-state index >= 15 is 0 Å². The van der Waals surface area contributed by atoms with Crippen molar-refractivity contribution in [3.05, 3.63) is 61.1 Å². The molecule has 3 aromatic rings. The Bertz CT molecular complexity index is 922. The first-order valence-corrected chi connectivity index (χ1v) is 9.95. The Hall–Kier alpha value is -3.35. The monoisotopic (exact) mass is 391 g/mol. The van der Waals surface area contributed by atoms with Crippen LogP contribution in [0.25, 0.3) is 0 Å². The van der Waals surface area contributed by atoms with E-state index in [2.05, 4.69) is 20.2 Å². The molecule has 29 heavy (non-hydrogen) atoms. The van der Waals surface area contributed by atoms with E-state index in [1.165, 1.54) is 0 Å². The molecule has 7 nitrogen and oxygen atoms in total. The van der Waals surface area contributed by atoms with Gasteiger partial charge in [0.1, 0.15) is 17.7 Å². The fourth-order valence-corrected chi connectivity index (χ4v) is 3.38. The van der Waals surface area contributed by atoms with Gasteiger partial charge in [-0.1, -0.05) is 18.2 Å². The fraction of sp³-hybridized carbons (Fsp3) is 0.318. The van der Waals surface area contributed by atoms with Gasteiger partial charge in [-0.2, -0.15) is 0 Å². The SMILES string of the molecule is CCOc1ccccc1O[C@@H]1CCCN(c2cncc(Nc3ccccn3)n2)C1. The lowest BCUT2D eigenvalue weighted by molar-refractivity contribution is 0.170. The number of nitrogens with one attached hydrogen (secondary N) is 1. The number of benzene rings is 1. The number of aromatic nitrogens is 3. The molecule has 1 aliphatic rings. The highest BCUT2D eigenvalue weighted by Gasteiger charge is 2.23. The van der Waals surface area contributed by atoms with E-state index in [1.807, 2.05) is 49.4 Å². The molecule has 1 aromatic carbocycles. The van der Waals surface area contributed by atoms with Gasteiger partial charge in [-0.15, -0.1) is 0 Å². The van der Waals surface area contributed by atoms with Gasteiger partial charge in [-0.05, 0) is 44.0 Å². The first-order chi connectivity index (χ1) is 14.3. The molecule has 3 heterocycles. The lowest BCUT2D eigenvalue weighted by Crippen LogP contribution is -2.41. The summed E-state index contributed by atoms with van der Waals surface area (Å²) in [6.07, 6.45) is 7.33. The third-order valence-corrected chi connectivity index (χ3v) is 4.69. The Labute approximate surface area is 170 Å². The number of nitrogens with zero attached hydrogens (tertiary/aromatic N) is 4. The lowest BCUT2D eigenvalue weighted by Gasteiger charge is -2.33. The molecule has 0 amide bonds. The highest BCUT2D eigenvalue weighted by atomic mass is 16.5. The first kappa shape index (κ1) is 19.0. The Balaban J connectivity index is 1.44. The number of pyridine rings is 1. The topological polar surface area (TPSA) is 72.4 Å². The van der Waals surface area contributed by atoms with Crippen molar-refractivity contribution in [1.29, 1.82) is 0 Å². The van der Waals surface area contributed by atoms with Crippen LogP contribution in [0.2, 0.25) is 0 Å². The van der Waals surface area contributed by atoms with Crippen molar-refractivity contribution < 1.29 is 9.47 Å². The summed E-state index contributed by atoms with van der Waals surface area (Å²) in [5, 5.41) is 3.20. The molecule has 1 saturated heterocycles. The van der Waals surface area contributed by atoms with Crippen molar-refractivity contribution in [3.63, 3.8) is 0 Å².